The number of hydrogen-bond donors (Lipinski definition) is 1. The number of aryl methyl sites for hydroxylation is 1. The fourth-order valence-electron chi connectivity index (χ4n) is 3.17. The van der Waals surface area contributed by atoms with Gasteiger partial charge in [0.05, 0.1) is 21.8 Å². The minimum atomic E-state index is -3.81. The van der Waals surface area contributed by atoms with Crippen molar-refractivity contribution in [2.45, 2.75) is 22.6 Å². The molecule has 1 amide bonds. The van der Waals surface area contributed by atoms with E-state index in [1.165, 1.54) is 35.2 Å². The van der Waals surface area contributed by atoms with Crippen molar-refractivity contribution in [3.8, 4) is 0 Å². The average Bonchev–Trinajstić information content (AvgIpc) is 3.28. The molecule has 4 aromatic rings. The lowest BCUT2D eigenvalue weighted by Gasteiger charge is -2.20. The summed E-state index contributed by atoms with van der Waals surface area (Å²) in [5.74, 6) is 0.814. The van der Waals surface area contributed by atoms with Crippen LogP contribution in [0.1, 0.15) is 21.8 Å². The van der Waals surface area contributed by atoms with Gasteiger partial charge in [0, 0.05) is 30.8 Å². The highest BCUT2D eigenvalue weighted by Crippen LogP contribution is 2.26. The molecule has 0 aliphatic carbocycles. The summed E-state index contributed by atoms with van der Waals surface area (Å²) in [6, 6.07) is 20.1. The largest absolute Gasteiger partial charge is 0.361 e. The van der Waals surface area contributed by atoms with E-state index >= 15 is 0 Å². The van der Waals surface area contributed by atoms with E-state index in [-0.39, 0.29) is 4.90 Å². The Morgan fingerprint density at radius 2 is 1.85 bits per heavy atom. The Morgan fingerprint density at radius 3 is 2.59 bits per heavy atom. The SMILES string of the molecule is Cc1cc(CSc2ncccc2C(=O)Nc2cccc(S(=O)(=O)N(C)c3ccccc3)c2)no1. The van der Waals surface area contributed by atoms with Crippen molar-refractivity contribution in [3.63, 3.8) is 0 Å². The first-order valence-electron chi connectivity index (χ1n) is 10.3. The Kier molecular flexibility index (Phi) is 6.99. The molecule has 174 valence electrons. The molecule has 1 N–H and O–H groups in total. The van der Waals surface area contributed by atoms with Crippen molar-refractivity contribution in [1.29, 1.82) is 0 Å². The van der Waals surface area contributed by atoms with Crippen molar-refractivity contribution >= 4 is 39.1 Å². The van der Waals surface area contributed by atoms with E-state index in [0.717, 1.165) is 5.69 Å². The predicted molar refractivity (Wildman–Crippen MR) is 131 cm³/mol. The summed E-state index contributed by atoms with van der Waals surface area (Å²) in [5, 5.41) is 7.27. The molecule has 0 aliphatic heterocycles. The minimum Gasteiger partial charge on any atom is -0.361 e. The first kappa shape index (κ1) is 23.5. The fraction of sp³-hybridized carbons (Fsp3) is 0.125. The Balaban J connectivity index is 1.52. The van der Waals surface area contributed by atoms with Crippen LogP contribution in [0.5, 0.6) is 0 Å². The number of thioether (sulfide) groups is 1. The third kappa shape index (κ3) is 5.29. The highest BCUT2D eigenvalue weighted by molar-refractivity contribution is 7.98. The standard InChI is InChI=1S/C24H22N4O4S2/c1-17-14-19(27-32-17)16-33-24-22(12-7-13-25-24)23(29)26-18-8-6-11-21(15-18)34(30,31)28(2)20-9-4-3-5-10-20/h3-15H,16H2,1-2H3,(H,26,29). The number of carbonyl (C=O) groups is 1. The van der Waals surface area contributed by atoms with Crippen molar-refractivity contribution in [1.82, 2.24) is 10.1 Å². The predicted octanol–water partition coefficient (Wildman–Crippen LogP) is 4.75. The maximum atomic E-state index is 13.1. The van der Waals surface area contributed by atoms with E-state index in [2.05, 4.69) is 15.5 Å². The third-order valence-corrected chi connectivity index (χ3v) is 7.74. The highest BCUT2D eigenvalue weighted by Gasteiger charge is 2.22. The molecule has 4 rings (SSSR count). The lowest BCUT2D eigenvalue weighted by molar-refractivity contribution is 0.102. The molecule has 2 aromatic heterocycles. The normalized spacial score (nSPS) is 11.2. The number of para-hydroxylation sites is 1. The number of amides is 1. The molecule has 0 spiro atoms. The van der Waals surface area contributed by atoms with E-state index in [9.17, 15) is 13.2 Å². The summed E-state index contributed by atoms with van der Waals surface area (Å²) in [5.41, 5.74) is 2.03. The van der Waals surface area contributed by atoms with Crippen LogP contribution < -0.4 is 9.62 Å². The van der Waals surface area contributed by atoms with Gasteiger partial charge in [-0.25, -0.2) is 13.4 Å². The molecule has 34 heavy (non-hydrogen) atoms. The second-order valence-corrected chi connectivity index (χ2v) is 10.3. The molecule has 0 fully saturated rings. The van der Waals surface area contributed by atoms with Gasteiger partial charge >= 0.3 is 0 Å². The first-order chi connectivity index (χ1) is 16.3. The molecule has 0 atom stereocenters. The quantitative estimate of drug-likeness (QED) is 0.353. The van der Waals surface area contributed by atoms with Crippen LogP contribution in [-0.2, 0) is 15.8 Å². The molecule has 0 bridgehead atoms. The molecule has 0 saturated carbocycles. The lowest BCUT2D eigenvalue weighted by atomic mass is 10.2. The molecule has 0 unspecified atom stereocenters. The second-order valence-electron chi connectivity index (χ2n) is 7.36. The van der Waals surface area contributed by atoms with E-state index in [1.54, 1.807) is 54.7 Å². The van der Waals surface area contributed by atoms with Crippen LogP contribution in [0.25, 0.3) is 0 Å². The molecule has 0 aliphatic rings. The number of aromatic nitrogens is 2. The van der Waals surface area contributed by atoms with E-state index < -0.39 is 15.9 Å². The zero-order valence-corrected chi connectivity index (χ0v) is 20.1. The summed E-state index contributed by atoms with van der Waals surface area (Å²) in [4.78, 5) is 17.4. The third-order valence-electron chi connectivity index (χ3n) is 4.92. The van der Waals surface area contributed by atoms with E-state index in [4.69, 9.17) is 4.52 Å². The Bertz CT molecular complexity index is 1410. The molecular formula is C24H22N4O4S2. The van der Waals surface area contributed by atoms with Gasteiger partial charge in [0.15, 0.2) is 0 Å². The molecule has 0 saturated heterocycles. The van der Waals surface area contributed by atoms with Crippen LogP contribution in [0.15, 0.2) is 93.4 Å². The number of carbonyl (C=O) groups excluding carboxylic acids is 1. The van der Waals surface area contributed by atoms with E-state index in [0.29, 0.717) is 33.5 Å². The topological polar surface area (TPSA) is 105 Å². The van der Waals surface area contributed by atoms with Gasteiger partial charge in [-0.3, -0.25) is 9.10 Å². The number of benzene rings is 2. The molecule has 2 aromatic carbocycles. The van der Waals surface area contributed by atoms with Crippen LogP contribution in [-0.4, -0.2) is 31.5 Å². The van der Waals surface area contributed by atoms with Gasteiger partial charge in [-0.2, -0.15) is 0 Å². The minimum absolute atomic E-state index is 0.0684. The van der Waals surface area contributed by atoms with Crippen LogP contribution in [0.3, 0.4) is 0 Å². The van der Waals surface area contributed by atoms with Gasteiger partial charge in [-0.1, -0.05) is 41.2 Å². The number of sulfonamides is 1. The van der Waals surface area contributed by atoms with Gasteiger partial charge < -0.3 is 9.84 Å². The van der Waals surface area contributed by atoms with Gasteiger partial charge in [-0.15, -0.1) is 0 Å². The van der Waals surface area contributed by atoms with Crippen molar-refractivity contribution in [3.05, 3.63) is 96.0 Å². The number of rotatable bonds is 8. The number of hydrogen-bond acceptors (Lipinski definition) is 7. The second kappa shape index (κ2) is 10.1. The van der Waals surface area contributed by atoms with Gasteiger partial charge in [-0.05, 0) is 49.4 Å². The molecule has 8 nitrogen and oxygen atoms in total. The van der Waals surface area contributed by atoms with Gasteiger partial charge in [0.2, 0.25) is 0 Å². The number of pyridine rings is 1. The zero-order chi connectivity index (χ0) is 24.1. The zero-order valence-electron chi connectivity index (χ0n) is 18.5. The maximum Gasteiger partial charge on any atom is 0.264 e. The van der Waals surface area contributed by atoms with Crippen molar-refractivity contribution in [2.24, 2.45) is 0 Å². The van der Waals surface area contributed by atoms with E-state index in [1.807, 2.05) is 19.1 Å². The Labute approximate surface area is 202 Å². The van der Waals surface area contributed by atoms with Crippen molar-refractivity contribution < 1.29 is 17.7 Å². The van der Waals surface area contributed by atoms with Gasteiger partial charge in [0.25, 0.3) is 15.9 Å². The van der Waals surface area contributed by atoms with Crippen molar-refractivity contribution in [2.75, 3.05) is 16.7 Å². The number of anilines is 2. The molecule has 10 heteroatoms. The summed E-state index contributed by atoms with van der Waals surface area (Å²) >= 11 is 1.36. The smallest absolute Gasteiger partial charge is 0.264 e. The van der Waals surface area contributed by atoms with Gasteiger partial charge in [0.1, 0.15) is 10.8 Å². The highest BCUT2D eigenvalue weighted by atomic mass is 32.2. The molecule has 2 heterocycles. The van der Waals surface area contributed by atoms with Crippen LogP contribution in [0.2, 0.25) is 0 Å². The van der Waals surface area contributed by atoms with Crippen LogP contribution >= 0.6 is 11.8 Å². The number of nitrogens with one attached hydrogen (secondary N) is 1. The fourth-order valence-corrected chi connectivity index (χ4v) is 5.29. The summed E-state index contributed by atoms with van der Waals surface area (Å²) in [6.45, 7) is 1.81. The maximum absolute atomic E-state index is 13.1. The summed E-state index contributed by atoms with van der Waals surface area (Å²) in [7, 11) is -2.32. The summed E-state index contributed by atoms with van der Waals surface area (Å²) < 4.78 is 32.5. The van der Waals surface area contributed by atoms with Crippen LogP contribution in [0, 0.1) is 6.92 Å². The molecular weight excluding hydrogens is 472 g/mol. The first-order valence-corrected chi connectivity index (χ1v) is 12.7. The van der Waals surface area contributed by atoms with Crippen LogP contribution in [0.4, 0.5) is 11.4 Å². The lowest BCUT2D eigenvalue weighted by Crippen LogP contribution is -2.26. The summed E-state index contributed by atoms with van der Waals surface area (Å²) in [6.07, 6.45) is 1.61. The molecule has 0 radical (unpaired) electrons. The Hall–Kier alpha value is -3.63. The average molecular weight is 495 g/mol. The number of nitrogens with zero attached hydrogens (tertiary/aromatic N) is 3. The Morgan fingerprint density at radius 1 is 1.06 bits per heavy atom. The monoisotopic (exact) mass is 494 g/mol.